The Bertz CT molecular complexity index is 1500. The van der Waals surface area contributed by atoms with E-state index in [2.05, 4.69) is 10.3 Å². The highest BCUT2D eigenvalue weighted by molar-refractivity contribution is 7.99. The number of amides is 1. The lowest BCUT2D eigenvalue weighted by atomic mass is 10.1. The van der Waals surface area contributed by atoms with Gasteiger partial charge in [0, 0.05) is 11.8 Å². The normalized spacial score (nSPS) is 10.9. The molecule has 4 rings (SSSR count). The average Bonchev–Trinajstić information content (AvgIpc) is 2.81. The maximum atomic E-state index is 13.6. The Morgan fingerprint density at radius 2 is 1.91 bits per heavy atom. The van der Waals surface area contributed by atoms with E-state index in [-0.39, 0.29) is 17.0 Å². The summed E-state index contributed by atoms with van der Waals surface area (Å²) in [6.45, 7) is 3.86. The van der Waals surface area contributed by atoms with E-state index in [4.69, 9.17) is 0 Å². The lowest BCUT2D eigenvalue weighted by Crippen LogP contribution is -2.23. The number of thioether (sulfide) groups is 1. The summed E-state index contributed by atoms with van der Waals surface area (Å²) in [5.74, 6) is -1.60. The molecule has 0 aliphatic rings. The van der Waals surface area contributed by atoms with Crippen LogP contribution in [-0.4, -0.2) is 26.1 Å². The largest absolute Gasteiger partial charge is 0.325 e. The number of hydrogen-bond acceptors (Lipinski definition) is 6. The number of aryl methyl sites for hydroxylation is 1. The molecule has 0 atom stereocenters. The first kappa shape index (κ1) is 23.1. The maximum Gasteiger partial charge on any atom is 0.306 e. The Labute approximate surface area is 197 Å². The molecule has 34 heavy (non-hydrogen) atoms. The minimum Gasteiger partial charge on any atom is -0.325 e. The van der Waals surface area contributed by atoms with Crippen molar-refractivity contribution in [1.82, 2.24) is 9.55 Å². The second-order valence-corrected chi connectivity index (χ2v) is 8.47. The van der Waals surface area contributed by atoms with Crippen molar-refractivity contribution in [2.75, 3.05) is 11.1 Å². The molecule has 1 N–H and O–H groups in total. The Hall–Kier alpha value is -4.05. The molecule has 0 saturated carbocycles. The van der Waals surface area contributed by atoms with Gasteiger partial charge in [0.1, 0.15) is 0 Å². The van der Waals surface area contributed by atoms with Crippen LogP contribution in [0, 0.1) is 29.8 Å². The standard InChI is InChI=1S/C24H19FN4O4S/c1-14-6-5-9-20(15(14)2)28-23(31)17-7-3-4-8-19(17)27-24(28)34-13-22(30)26-16-10-11-18(25)21(12-16)29(32)33/h3-12H,13H2,1-2H3,(H,26,30). The van der Waals surface area contributed by atoms with Crippen LogP contribution in [0.1, 0.15) is 11.1 Å². The van der Waals surface area contributed by atoms with Crippen LogP contribution in [0.2, 0.25) is 0 Å². The molecule has 1 amide bonds. The van der Waals surface area contributed by atoms with Crippen LogP contribution in [0.5, 0.6) is 0 Å². The fourth-order valence-electron chi connectivity index (χ4n) is 3.46. The fraction of sp³-hybridized carbons (Fsp3) is 0.125. The number of carbonyl (C=O) groups excluding carboxylic acids is 1. The summed E-state index contributed by atoms with van der Waals surface area (Å²) in [7, 11) is 0. The number of nitrogens with zero attached hydrogens (tertiary/aromatic N) is 3. The Kier molecular flexibility index (Phi) is 6.42. The van der Waals surface area contributed by atoms with Crippen molar-refractivity contribution in [2.24, 2.45) is 0 Å². The van der Waals surface area contributed by atoms with E-state index >= 15 is 0 Å². The maximum absolute atomic E-state index is 13.6. The molecule has 8 nitrogen and oxygen atoms in total. The van der Waals surface area contributed by atoms with Crippen LogP contribution in [0.15, 0.2) is 70.6 Å². The zero-order valence-electron chi connectivity index (χ0n) is 18.2. The first-order valence-electron chi connectivity index (χ1n) is 10.2. The highest BCUT2D eigenvalue weighted by Crippen LogP contribution is 2.25. The SMILES string of the molecule is Cc1cccc(-n2c(SCC(=O)Nc3ccc(F)c([N+](=O)[O-])c3)nc3ccccc3c2=O)c1C. The zero-order valence-corrected chi connectivity index (χ0v) is 19.1. The molecule has 10 heteroatoms. The smallest absolute Gasteiger partial charge is 0.306 e. The highest BCUT2D eigenvalue weighted by Gasteiger charge is 2.18. The van der Waals surface area contributed by atoms with Gasteiger partial charge in [-0.05, 0) is 55.3 Å². The second-order valence-electron chi connectivity index (χ2n) is 7.53. The molecule has 0 unspecified atom stereocenters. The number of hydrogen-bond donors (Lipinski definition) is 1. The Balaban J connectivity index is 1.67. The molecule has 4 aromatic rings. The third-order valence-electron chi connectivity index (χ3n) is 5.32. The third kappa shape index (κ3) is 4.53. The number of anilines is 1. The van der Waals surface area contributed by atoms with Crippen LogP contribution in [0.4, 0.5) is 15.8 Å². The van der Waals surface area contributed by atoms with Crippen molar-refractivity contribution in [3.8, 4) is 5.69 Å². The van der Waals surface area contributed by atoms with E-state index in [9.17, 15) is 24.1 Å². The summed E-state index contributed by atoms with van der Waals surface area (Å²) in [6, 6.07) is 15.7. The first-order valence-corrected chi connectivity index (χ1v) is 11.2. The van der Waals surface area contributed by atoms with Crippen LogP contribution in [-0.2, 0) is 4.79 Å². The van der Waals surface area contributed by atoms with E-state index in [1.165, 1.54) is 10.6 Å². The number of benzene rings is 3. The van der Waals surface area contributed by atoms with Crippen molar-refractivity contribution >= 4 is 39.9 Å². The summed E-state index contributed by atoms with van der Waals surface area (Å²) in [4.78, 5) is 40.7. The molecule has 0 spiro atoms. The van der Waals surface area contributed by atoms with E-state index in [0.29, 0.717) is 21.7 Å². The van der Waals surface area contributed by atoms with Crippen LogP contribution < -0.4 is 10.9 Å². The van der Waals surface area contributed by atoms with Crippen LogP contribution >= 0.6 is 11.8 Å². The molecule has 3 aromatic carbocycles. The molecule has 0 fully saturated rings. The minimum absolute atomic E-state index is 0.0945. The quantitative estimate of drug-likeness (QED) is 0.185. The molecule has 0 saturated heterocycles. The number of nitro groups is 1. The monoisotopic (exact) mass is 478 g/mol. The van der Waals surface area contributed by atoms with Gasteiger partial charge in [-0.15, -0.1) is 0 Å². The van der Waals surface area contributed by atoms with Gasteiger partial charge in [0.05, 0.1) is 27.3 Å². The number of nitrogens with one attached hydrogen (secondary N) is 1. The van der Waals surface area contributed by atoms with Gasteiger partial charge in [0.15, 0.2) is 5.16 Å². The van der Waals surface area contributed by atoms with Gasteiger partial charge in [-0.1, -0.05) is 36.0 Å². The summed E-state index contributed by atoms with van der Waals surface area (Å²) in [6.07, 6.45) is 0. The first-order chi connectivity index (χ1) is 16.3. The lowest BCUT2D eigenvalue weighted by Gasteiger charge is -2.16. The molecule has 1 aromatic heterocycles. The van der Waals surface area contributed by atoms with Gasteiger partial charge in [0.25, 0.3) is 5.56 Å². The number of fused-ring (bicyclic) bond motifs is 1. The predicted octanol–water partition coefficient (Wildman–Crippen LogP) is 4.78. The van der Waals surface area contributed by atoms with Gasteiger partial charge >= 0.3 is 5.69 Å². The topological polar surface area (TPSA) is 107 Å². The van der Waals surface area contributed by atoms with Crippen molar-refractivity contribution in [3.05, 3.63) is 98.1 Å². The van der Waals surface area contributed by atoms with Crippen molar-refractivity contribution < 1.29 is 14.1 Å². The predicted molar refractivity (Wildman–Crippen MR) is 129 cm³/mol. The molecule has 0 bridgehead atoms. The number of carbonyl (C=O) groups is 1. The molecule has 0 radical (unpaired) electrons. The number of aromatic nitrogens is 2. The number of nitro benzene ring substituents is 1. The molecule has 0 aliphatic carbocycles. The number of rotatable bonds is 6. The van der Waals surface area contributed by atoms with Crippen LogP contribution in [0.3, 0.4) is 0 Å². The van der Waals surface area contributed by atoms with Crippen LogP contribution in [0.25, 0.3) is 16.6 Å². The van der Waals surface area contributed by atoms with E-state index in [1.807, 2.05) is 32.0 Å². The molecule has 0 aliphatic heterocycles. The summed E-state index contributed by atoms with van der Waals surface area (Å²) >= 11 is 1.06. The van der Waals surface area contributed by atoms with Gasteiger partial charge in [0.2, 0.25) is 11.7 Å². The van der Waals surface area contributed by atoms with E-state index in [1.54, 1.807) is 24.3 Å². The fourth-order valence-corrected chi connectivity index (χ4v) is 4.26. The Morgan fingerprint density at radius 3 is 2.68 bits per heavy atom. The lowest BCUT2D eigenvalue weighted by molar-refractivity contribution is -0.387. The third-order valence-corrected chi connectivity index (χ3v) is 6.26. The van der Waals surface area contributed by atoms with E-state index < -0.39 is 22.3 Å². The summed E-state index contributed by atoms with van der Waals surface area (Å²) in [5.41, 5.74) is 2.20. The number of halogens is 1. The van der Waals surface area contributed by atoms with Gasteiger partial charge in [-0.25, -0.2) is 4.98 Å². The highest BCUT2D eigenvalue weighted by atomic mass is 32.2. The van der Waals surface area contributed by atoms with E-state index in [0.717, 1.165) is 35.0 Å². The molecule has 1 heterocycles. The zero-order chi connectivity index (χ0) is 24.4. The molecular weight excluding hydrogens is 459 g/mol. The van der Waals surface area contributed by atoms with Crippen molar-refractivity contribution in [3.63, 3.8) is 0 Å². The minimum atomic E-state index is -0.990. The van der Waals surface area contributed by atoms with Gasteiger partial charge in [-0.3, -0.25) is 24.3 Å². The molecular formula is C24H19FN4O4S. The average molecular weight is 479 g/mol. The van der Waals surface area contributed by atoms with Crippen molar-refractivity contribution in [1.29, 1.82) is 0 Å². The Morgan fingerprint density at radius 1 is 1.15 bits per heavy atom. The van der Waals surface area contributed by atoms with Gasteiger partial charge < -0.3 is 5.32 Å². The summed E-state index contributed by atoms with van der Waals surface area (Å²) in [5, 5.41) is 14.2. The molecule has 172 valence electrons. The van der Waals surface area contributed by atoms with Crippen molar-refractivity contribution in [2.45, 2.75) is 19.0 Å². The summed E-state index contributed by atoms with van der Waals surface area (Å²) < 4.78 is 15.1. The second kappa shape index (κ2) is 9.44. The van der Waals surface area contributed by atoms with Gasteiger partial charge in [-0.2, -0.15) is 4.39 Å². The number of para-hydroxylation sites is 1.